The molecule has 0 saturated heterocycles. The highest BCUT2D eigenvalue weighted by Gasteiger charge is 2.37. The molecule has 0 radical (unpaired) electrons. The van der Waals surface area contributed by atoms with E-state index in [4.69, 9.17) is 4.43 Å². The number of halogens is 3. The highest BCUT2D eigenvalue weighted by Crippen LogP contribution is 2.37. The smallest absolute Gasteiger partial charge is 0.445 e. The second-order valence-corrected chi connectivity index (χ2v) is 11.6. The molecule has 1 aromatic rings. The number of benzene rings is 1. The minimum Gasteiger partial charge on any atom is -0.445 e. The van der Waals surface area contributed by atoms with Gasteiger partial charge in [0.25, 0.3) is 0 Å². The van der Waals surface area contributed by atoms with Crippen LogP contribution in [0.4, 0.5) is 12.9 Å². The highest BCUT2D eigenvalue weighted by atomic mass is 28.4. The predicted octanol–water partition coefficient (Wildman–Crippen LogP) is 4.57. The second-order valence-electron chi connectivity index (χ2n) is 6.81. The van der Waals surface area contributed by atoms with Crippen LogP contribution in [0.25, 0.3) is 0 Å². The van der Waals surface area contributed by atoms with E-state index in [0.717, 1.165) is 11.6 Å². The minimum atomic E-state index is -4.93. The van der Waals surface area contributed by atoms with E-state index < -0.39 is 20.8 Å². The average Bonchev–Trinajstić information content (AvgIpc) is 2.24. The number of hydrogen-bond acceptors (Lipinski definition) is 1. The van der Waals surface area contributed by atoms with Gasteiger partial charge in [0.1, 0.15) is 0 Å². The molecule has 0 unspecified atom stereocenters. The van der Waals surface area contributed by atoms with Crippen molar-refractivity contribution in [3.63, 3.8) is 0 Å². The van der Waals surface area contributed by atoms with Gasteiger partial charge in [0, 0.05) is 0 Å². The SMILES string of the molecule is Cc1cc([B-](F)(F)F)ccc1CO[Si](C)(C)C(C)(C)C. The zero-order valence-electron chi connectivity index (χ0n) is 13.1. The first-order chi connectivity index (χ1) is 8.84. The summed E-state index contributed by atoms with van der Waals surface area (Å²) in [7, 11) is -1.88. The van der Waals surface area contributed by atoms with Crippen LogP contribution in [0.15, 0.2) is 18.2 Å². The third-order valence-electron chi connectivity index (χ3n) is 4.14. The summed E-state index contributed by atoms with van der Waals surface area (Å²) in [6, 6.07) is 3.90. The summed E-state index contributed by atoms with van der Waals surface area (Å²) in [6.07, 6.45) is 0. The lowest BCUT2D eigenvalue weighted by Crippen LogP contribution is -2.40. The molecular weight excluding hydrogens is 280 g/mol. The van der Waals surface area contributed by atoms with Crippen molar-refractivity contribution < 1.29 is 17.4 Å². The summed E-state index contributed by atoms with van der Waals surface area (Å²) in [5.74, 6) is 0. The first-order valence-corrected chi connectivity index (χ1v) is 9.69. The first kappa shape index (κ1) is 17.3. The van der Waals surface area contributed by atoms with Crippen LogP contribution in [-0.2, 0) is 11.0 Å². The van der Waals surface area contributed by atoms with E-state index in [2.05, 4.69) is 33.9 Å². The van der Waals surface area contributed by atoms with E-state index >= 15 is 0 Å². The third-order valence-corrected chi connectivity index (χ3v) is 8.62. The van der Waals surface area contributed by atoms with Gasteiger partial charge >= 0.3 is 6.98 Å². The van der Waals surface area contributed by atoms with Gasteiger partial charge in [0.2, 0.25) is 0 Å². The molecular formula is C14H23BF3OSi-. The van der Waals surface area contributed by atoms with Gasteiger partial charge in [0.15, 0.2) is 8.32 Å². The Morgan fingerprint density at radius 2 is 1.70 bits per heavy atom. The van der Waals surface area contributed by atoms with Crippen molar-refractivity contribution >= 4 is 20.8 Å². The summed E-state index contributed by atoms with van der Waals surface area (Å²) in [6.45, 7) is 7.85. The molecule has 20 heavy (non-hydrogen) atoms. The molecule has 0 N–H and O–H groups in total. The number of rotatable bonds is 4. The van der Waals surface area contributed by atoms with Gasteiger partial charge in [-0.05, 0) is 36.2 Å². The predicted molar refractivity (Wildman–Crippen MR) is 81.9 cm³/mol. The molecule has 0 fully saturated rings. The summed E-state index contributed by atoms with van der Waals surface area (Å²) < 4.78 is 44.1. The van der Waals surface area contributed by atoms with E-state index in [1.54, 1.807) is 6.92 Å². The molecule has 0 bridgehead atoms. The third kappa shape index (κ3) is 4.12. The lowest BCUT2D eigenvalue weighted by atomic mass is 9.79. The van der Waals surface area contributed by atoms with Crippen LogP contribution in [0.1, 0.15) is 31.9 Å². The molecule has 6 heteroatoms. The maximum atomic E-state index is 12.7. The van der Waals surface area contributed by atoms with E-state index in [1.807, 2.05) is 0 Å². The lowest BCUT2D eigenvalue weighted by Gasteiger charge is -2.36. The molecule has 1 rings (SSSR count). The fourth-order valence-electron chi connectivity index (χ4n) is 1.56. The molecule has 0 aliphatic rings. The Kier molecular flexibility index (Phi) is 4.81. The van der Waals surface area contributed by atoms with E-state index in [1.165, 1.54) is 12.1 Å². The second kappa shape index (κ2) is 5.56. The molecule has 114 valence electrons. The standard InChI is InChI=1S/C14H23BF3OSi/c1-11-9-13(15(16,17)18)8-7-12(11)10-19-20(5,6)14(2,3)4/h7-9H,10H2,1-6H3/q-1. The van der Waals surface area contributed by atoms with Crippen molar-refractivity contribution in [2.45, 2.75) is 52.4 Å². The molecule has 0 spiro atoms. The molecule has 1 aromatic carbocycles. The summed E-state index contributed by atoms with van der Waals surface area (Å²) in [5.41, 5.74) is 0.928. The monoisotopic (exact) mass is 303 g/mol. The minimum absolute atomic E-state index is 0.0932. The highest BCUT2D eigenvalue weighted by molar-refractivity contribution is 6.74. The topological polar surface area (TPSA) is 9.23 Å². The zero-order chi connectivity index (χ0) is 15.8. The Hall–Kier alpha value is -0.748. The van der Waals surface area contributed by atoms with Crippen molar-refractivity contribution in [2.24, 2.45) is 0 Å². The first-order valence-electron chi connectivity index (χ1n) is 6.78. The van der Waals surface area contributed by atoms with Crippen molar-refractivity contribution in [2.75, 3.05) is 0 Å². The van der Waals surface area contributed by atoms with Gasteiger partial charge in [0.05, 0.1) is 6.61 Å². The van der Waals surface area contributed by atoms with Crippen molar-refractivity contribution in [3.05, 3.63) is 29.3 Å². The quantitative estimate of drug-likeness (QED) is 0.740. The summed E-state index contributed by atoms with van der Waals surface area (Å²) >= 11 is 0. The Labute approximate surface area is 120 Å². The van der Waals surface area contributed by atoms with Gasteiger partial charge in [-0.2, -0.15) is 0 Å². The van der Waals surface area contributed by atoms with Gasteiger partial charge in [-0.25, -0.2) is 0 Å². The van der Waals surface area contributed by atoms with Crippen LogP contribution in [-0.4, -0.2) is 15.3 Å². The Morgan fingerprint density at radius 3 is 2.10 bits per heavy atom. The van der Waals surface area contributed by atoms with Crippen LogP contribution in [0, 0.1) is 6.92 Å². The van der Waals surface area contributed by atoms with E-state index in [9.17, 15) is 12.9 Å². The normalized spacial score (nSPS) is 13.7. The number of aryl methyl sites for hydroxylation is 1. The van der Waals surface area contributed by atoms with E-state index in [-0.39, 0.29) is 5.04 Å². The maximum Gasteiger partial charge on any atom is 0.509 e. The molecule has 0 amide bonds. The Balaban J connectivity index is 2.86. The van der Waals surface area contributed by atoms with Crippen LogP contribution >= 0.6 is 0 Å². The fraction of sp³-hybridized carbons (Fsp3) is 0.571. The average molecular weight is 303 g/mol. The van der Waals surface area contributed by atoms with Crippen LogP contribution in [0.3, 0.4) is 0 Å². The van der Waals surface area contributed by atoms with Crippen LogP contribution in [0.2, 0.25) is 18.1 Å². The van der Waals surface area contributed by atoms with Crippen molar-refractivity contribution in [1.29, 1.82) is 0 Å². The van der Waals surface area contributed by atoms with Gasteiger partial charge in [-0.1, -0.05) is 39.0 Å². The van der Waals surface area contributed by atoms with Crippen LogP contribution < -0.4 is 5.46 Å². The summed E-state index contributed by atoms with van der Waals surface area (Å²) in [5, 5.41) is 0.0932. The Bertz CT molecular complexity index is 478. The molecule has 0 aromatic heterocycles. The van der Waals surface area contributed by atoms with Crippen molar-refractivity contribution in [1.82, 2.24) is 0 Å². The molecule has 1 nitrogen and oxygen atoms in total. The lowest BCUT2D eigenvalue weighted by molar-refractivity contribution is 0.275. The molecule has 0 atom stereocenters. The number of hydrogen-bond donors (Lipinski definition) is 0. The van der Waals surface area contributed by atoms with Gasteiger partial charge in [-0.15, -0.1) is 5.46 Å². The largest absolute Gasteiger partial charge is 0.509 e. The summed E-state index contributed by atoms with van der Waals surface area (Å²) in [4.78, 5) is 0. The van der Waals surface area contributed by atoms with Gasteiger partial charge < -0.3 is 17.4 Å². The molecule has 0 saturated carbocycles. The molecule has 0 aliphatic heterocycles. The Morgan fingerprint density at radius 1 is 1.15 bits per heavy atom. The van der Waals surface area contributed by atoms with E-state index in [0.29, 0.717) is 12.2 Å². The van der Waals surface area contributed by atoms with Gasteiger partial charge in [-0.3, -0.25) is 0 Å². The molecule has 0 heterocycles. The maximum absolute atomic E-state index is 12.7. The fourth-order valence-corrected chi connectivity index (χ4v) is 2.51. The zero-order valence-corrected chi connectivity index (χ0v) is 14.1. The van der Waals surface area contributed by atoms with Crippen LogP contribution in [0.5, 0.6) is 0 Å². The van der Waals surface area contributed by atoms with Crippen molar-refractivity contribution in [3.8, 4) is 0 Å². The molecule has 0 aliphatic carbocycles.